The van der Waals surface area contributed by atoms with Gasteiger partial charge in [0.2, 0.25) is 11.8 Å². The highest BCUT2D eigenvalue weighted by molar-refractivity contribution is 6.00. The molecule has 3 heterocycles. The van der Waals surface area contributed by atoms with E-state index in [1.54, 1.807) is 13.2 Å². The fourth-order valence-corrected chi connectivity index (χ4v) is 3.18. The number of aromatic amines is 1. The maximum absolute atomic E-state index is 12.7. The van der Waals surface area contributed by atoms with Crippen LogP contribution in [-0.4, -0.2) is 31.1 Å². The first-order chi connectivity index (χ1) is 11.6. The number of hydrogen-bond donors (Lipinski definition) is 2. The zero-order valence-electron chi connectivity index (χ0n) is 12.9. The lowest BCUT2D eigenvalue weighted by atomic mass is 10.1. The quantitative estimate of drug-likeness (QED) is 0.677. The average molecular weight is 325 g/mol. The van der Waals surface area contributed by atoms with Gasteiger partial charge in [-0.2, -0.15) is 5.10 Å². The molecule has 0 spiro atoms. The molecule has 1 fully saturated rings. The molecule has 1 aliphatic rings. The molecular weight excluding hydrogens is 310 g/mol. The summed E-state index contributed by atoms with van der Waals surface area (Å²) in [5.41, 5.74) is 2.85. The van der Waals surface area contributed by atoms with Crippen molar-refractivity contribution < 1.29 is 9.59 Å². The predicted molar refractivity (Wildman–Crippen MR) is 86.2 cm³/mol. The molecule has 0 aliphatic carbocycles. The molecule has 2 aromatic heterocycles. The van der Waals surface area contributed by atoms with Crippen LogP contribution in [0, 0.1) is 0 Å². The summed E-state index contributed by atoms with van der Waals surface area (Å²) in [6.07, 6.45) is 2.21. The first kappa shape index (κ1) is 14.4. The normalized spacial score (nSPS) is 18.1. The highest BCUT2D eigenvalue weighted by Gasteiger charge is 2.31. The molecule has 0 radical (unpaired) electrons. The lowest BCUT2D eigenvalue weighted by Crippen LogP contribution is -2.44. The number of piperidine rings is 1. The molecule has 122 valence electrons. The largest absolute Gasteiger partial charge is 0.329 e. The molecule has 0 saturated carbocycles. The number of carbonyl (C=O) groups is 2. The van der Waals surface area contributed by atoms with Gasteiger partial charge in [0.25, 0.3) is 0 Å². The maximum Gasteiger partial charge on any atom is 0.329 e. The second-order valence-electron chi connectivity index (χ2n) is 5.85. The Morgan fingerprint density at radius 1 is 1.17 bits per heavy atom. The summed E-state index contributed by atoms with van der Waals surface area (Å²) in [5, 5.41) is 9.12. The lowest BCUT2D eigenvalue weighted by Gasteiger charge is -2.21. The van der Waals surface area contributed by atoms with E-state index in [0.717, 1.165) is 16.8 Å². The Morgan fingerprint density at radius 2 is 2.00 bits per heavy atom. The summed E-state index contributed by atoms with van der Waals surface area (Å²) in [5.74, 6) is -0.732. The Hall–Kier alpha value is -3.16. The summed E-state index contributed by atoms with van der Waals surface area (Å²) in [6, 6.07) is 6.74. The molecular formula is C16H15N5O3. The molecule has 0 bridgehead atoms. The third-order valence-electron chi connectivity index (χ3n) is 4.42. The van der Waals surface area contributed by atoms with E-state index >= 15 is 0 Å². The average Bonchev–Trinajstić information content (AvgIpc) is 3.17. The number of rotatable bonds is 2. The van der Waals surface area contributed by atoms with Crippen LogP contribution in [0.2, 0.25) is 0 Å². The van der Waals surface area contributed by atoms with Crippen LogP contribution >= 0.6 is 0 Å². The van der Waals surface area contributed by atoms with Crippen molar-refractivity contribution in [1.82, 2.24) is 24.6 Å². The molecule has 1 saturated heterocycles. The molecule has 1 aliphatic heterocycles. The third-order valence-corrected chi connectivity index (χ3v) is 4.42. The van der Waals surface area contributed by atoms with E-state index in [4.69, 9.17) is 0 Å². The van der Waals surface area contributed by atoms with Crippen LogP contribution < -0.4 is 11.0 Å². The van der Waals surface area contributed by atoms with Gasteiger partial charge in [0, 0.05) is 25.2 Å². The summed E-state index contributed by atoms with van der Waals surface area (Å²) in [4.78, 5) is 36.1. The van der Waals surface area contributed by atoms with Crippen LogP contribution in [0.15, 0.2) is 35.3 Å². The number of fused-ring (bicyclic) bond motifs is 1. The van der Waals surface area contributed by atoms with Crippen LogP contribution in [0.25, 0.3) is 22.3 Å². The highest BCUT2D eigenvalue weighted by Crippen LogP contribution is 2.26. The summed E-state index contributed by atoms with van der Waals surface area (Å²) >= 11 is 0. The van der Waals surface area contributed by atoms with Gasteiger partial charge in [-0.05, 0) is 24.6 Å². The van der Waals surface area contributed by atoms with Gasteiger partial charge in [-0.25, -0.2) is 4.79 Å². The van der Waals surface area contributed by atoms with Crippen molar-refractivity contribution in [2.75, 3.05) is 0 Å². The standard InChI is InChI=1S/C16H15N5O3/c1-20-13-8-9(10-6-7-17-19-10)2-3-11(13)21(16(20)24)12-4-5-14(22)18-15(12)23/h2-3,6-8,12H,4-5H2,1H3,(H,17,19)(H,18,22,23). The van der Waals surface area contributed by atoms with E-state index in [1.807, 2.05) is 24.3 Å². The van der Waals surface area contributed by atoms with Crippen LogP contribution in [0.4, 0.5) is 0 Å². The topological polar surface area (TPSA) is 102 Å². The molecule has 24 heavy (non-hydrogen) atoms. The van der Waals surface area contributed by atoms with Crippen molar-refractivity contribution in [3.63, 3.8) is 0 Å². The van der Waals surface area contributed by atoms with Crippen molar-refractivity contribution in [2.45, 2.75) is 18.9 Å². The van der Waals surface area contributed by atoms with Gasteiger partial charge < -0.3 is 0 Å². The molecule has 2 amide bonds. The first-order valence-electron chi connectivity index (χ1n) is 7.60. The number of imidazole rings is 1. The van der Waals surface area contributed by atoms with Crippen molar-refractivity contribution in [3.8, 4) is 11.3 Å². The van der Waals surface area contributed by atoms with E-state index in [2.05, 4.69) is 15.5 Å². The maximum atomic E-state index is 12.7. The number of benzene rings is 1. The molecule has 2 N–H and O–H groups in total. The van der Waals surface area contributed by atoms with Crippen LogP contribution in [-0.2, 0) is 16.6 Å². The summed E-state index contributed by atoms with van der Waals surface area (Å²) in [7, 11) is 1.67. The third kappa shape index (κ3) is 2.07. The van der Waals surface area contributed by atoms with E-state index < -0.39 is 11.9 Å². The molecule has 8 heteroatoms. The molecule has 4 rings (SSSR count). The second-order valence-corrected chi connectivity index (χ2v) is 5.85. The Balaban J connectivity index is 1.88. The highest BCUT2D eigenvalue weighted by atomic mass is 16.2. The van der Waals surface area contributed by atoms with E-state index in [9.17, 15) is 14.4 Å². The van der Waals surface area contributed by atoms with Gasteiger partial charge in [0.05, 0.1) is 16.7 Å². The minimum Gasteiger partial charge on any atom is -0.295 e. The summed E-state index contributed by atoms with van der Waals surface area (Å²) < 4.78 is 2.98. The number of nitrogens with zero attached hydrogens (tertiary/aromatic N) is 3. The van der Waals surface area contributed by atoms with Crippen molar-refractivity contribution in [2.24, 2.45) is 7.05 Å². The Labute approximate surface area is 136 Å². The van der Waals surface area contributed by atoms with Gasteiger partial charge in [0.15, 0.2) is 0 Å². The molecule has 8 nitrogen and oxygen atoms in total. The van der Waals surface area contributed by atoms with Gasteiger partial charge in [-0.1, -0.05) is 6.07 Å². The van der Waals surface area contributed by atoms with E-state index in [-0.39, 0.29) is 18.0 Å². The fraction of sp³-hybridized carbons (Fsp3) is 0.250. The smallest absolute Gasteiger partial charge is 0.295 e. The van der Waals surface area contributed by atoms with E-state index in [0.29, 0.717) is 11.9 Å². The molecule has 3 aromatic rings. The molecule has 1 aromatic carbocycles. The van der Waals surface area contributed by atoms with Crippen molar-refractivity contribution in [3.05, 3.63) is 40.9 Å². The van der Waals surface area contributed by atoms with Crippen LogP contribution in [0.3, 0.4) is 0 Å². The Bertz CT molecular complexity index is 1010. The van der Waals surface area contributed by atoms with Gasteiger partial charge in [-0.15, -0.1) is 0 Å². The fourth-order valence-electron chi connectivity index (χ4n) is 3.18. The Morgan fingerprint density at radius 3 is 2.71 bits per heavy atom. The SMILES string of the molecule is Cn1c(=O)n(C2CCC(=O)NC2=O)c2ccc(-c3ccn[nH]3)cc21. The second kappa shape index (κ2) is 5.19. The molecule has 1 unspecified atom stereocenters. The van der Waals surface area contributed by atoms with Gasteiger partial charge in [0.1, 0.15) is 6.04 Å². The zero-order valence-corrected chi connectivity index (χ0v) is 12.9. The summed E-state index contributed by atoms with van der Waals surface area (Å²) in [6.45, 7) is 0. The minimum absolute atomic E-state index is 0.228. The number of carbonyl (C=O) groups excluding carboxylic acids is 2. The number of hydrogen-bond acceptors (Lipinski definition) is 4. The Kier molecular flexibility index (Phi) is 3.12. The van der Waals surface area contributed by atoms with Crippen molar-refractivity contribution >= 4 is 22.8 Å². The zero-order chi connectivity index (χ0) is 16.8. The molecule has 1 atom stereocenters. The minimum atomic E-state index is -0.670. The number of H-pyrrole nitrogens is 1. The lowest BCUT2D eigenvalue weighted by molar-refractivity contribution is -0.135. The number of aromatic nitrogens is 4. The van der Waals surface area contributed by atoms with Crippen molar-refractivity contribution in [1.29, 1.82) is 0 Å². The predicted octanol–water partition coefficient (Wildman–Crippen LogP) is 0.708. The van der Waals surface area contributed by atoms with Crippen LogP contribution in [0.1, 0.15) is 18.9 Å². The monoisotopic (exact) mass is 325 g/mol. The van der Waals surface area contributed by atoms with E-state index in [1.165, 1.54) is 9.13 Å². The van der Waals surface area contributed by atoms with Gasteiger partial charge in [-0.3, -0.25) is 29.1 Å². The van der Waals surface area contributed by atoms with Crippen LogP contribution in [0.5, 0.6) is 0 Å². The number of aryl methyl sites for hydroxylation is 1. The number of imide groups is 1. The first-order valence-corrected chi connectivity index (χ1v) is 7.60. The number of amides is 2. The van der Waals surface area contributed by atoms with Gasteiger partial charge >= 0.3 is 5.69 Å². The number of nitrogens with one attached hydrogen (secondary N) is 2.